The van der Waals surface area contributed by atoms with E-state index >= 15 is 0 Å². The molecule has 0 spiro atoms. The first kappa shape index (κ1) is 19.7. The fourth-order valence-corrected chi connectivity index (χ4v) is 2.44. The number of carbonyl (C=O) groups is 4. The molecule has 24 heavy (non-hydrogen) atoms. The van der Waals surface area contributed by atoms with Crippen LogP contribution in [0.15, 0.2) is 11.1 Å². The van der Waals surface area contributed by atoms with Gasteiger partial charge in [0.05, 0.1) is 37.6 Å². The average Bonchev–Trinajstić information content (AvgIpc) is 2.47. The quantitative estimate of drug-likeness (QED) is 0.471. The molecule has 1 aliphatic carbocycles. The van der Waals surface area contributed by atoms with Crippen LogP contribution >= 0.6 is 0 Å². The molecule has 134 valence electrons. The fourth-order valence-electron chi connectivity index (χ4n) is 2.44. The highest BCUT2D eigenvalue weighted by atomic mass is 16.6. The molecular formula is C16H22O8. The number of rotatable bonds is 8. The van der Waals surface area contributed by atoms with Crippen molar-refractivity contribution in [3.8, 4) is 0 Å². The first-order valence-electron chi connectivity index (χ1n) is 7.85. The molecule has 0 unspecified atom stereocenters. The predicted octanol–water partition coefficient (Wildman–Crippen LogP) is 0.781. The molecule has 2 atom stereocenters. The molecular weight excluding hydrogens is 320 g/mol. The molecule has 0 fully saturated rings. The summed E-state index contributed by atoms with van der Waals surface area (Å²) in [5.41, 5.74) is -0.404. The summed E-state index contributed by atoms with van der Waals surface area (Å²) in [4.78, 5) is 48.6. The lowest BCUT2D eigenvalue weighted by Crippen LogP contribution is -2.48. The summed E-state index contributed by atoms with van der Waals surface area (Å²) in [6.07, 6.45) is 0. The molecule has 0 aliphatic heterocycles. The van der Waals surface area contributed by atoms with Gasteiger partial charge in [0, 0.05) is 0 Å². The zero-order valence-electron chi connectivity index (χ0n) is 14.2. The SMILES string of the molecule is CCOC(=O)C1=C(C(=O)OCC)[C@@H](C(=O)OCC)[C@@H]1C(=O)OCC. The monoisotopic (exact) mass is 342 g/mol. The van der Waals surface area contributed by atoms with E-state index in [1.807, 2.05) is 0 Å². The number of carbonyl (C=O) groups excluding carboxylic acids is 4. The standard InChI is InChI=1S/C16H22O8/c1-5-21-13(17)9-10(14(18)22-6-2)12(16(20)24-8-4)11(9)15(19)23-7-3/h9-10H,5-8H2,1-4H3/t9-,10-/m0/s1. The smallest absolute Gasteiger partial charge is 0.335 e. The number of hydrogen-bond acceptors (Lipinski definition) is 8. The second-order valence-corrected chi connectivity index (χ2v) is 4.73. The summed E-state index contributed by atoms with van der Waals surface area (Å²) in [6, 6.07) is 0. The van der Waals surface area contributed by atoms with Crippen molar-refractivity contribution in [2.45, 2.75) is 27.7 Å². The Labute approximate surface area is 140 Å². The molecule has 8 heteroatoms. The minimum absolute atomic E-state index is 0.0536. The van der Waals surface area contributed by atoms with Gasteiger partial charge in [0.2, 0.25) is 0 Å². The summed E-state index contributed by atoms with van der Waals surface area (Å²) in [7, 11) is 0. The highest BCUT2D eigenvalue weighted by molar-refractivity contribution is 6.13. The molecule has 0 aromatic heterocycles. The molecule has 0 amide bonds. The highest BCUT2D eigenvalue weighted by Crippen LogP contribution is 2.44. The van der Waals surface area contributed by atoms with Crippen molar-refractivity contribution in [1.29, 1.82) is 0 Å². The second-order valence-electron chi connectivity index (χ2n) is 4.73. The number of esters is 4. The molecule has 0 bridgehead atoms. The van der Waals surface area contributed by atoms with Crippen LogP contribution in [0.4, 0.5) is 0 Å². The first-order chi connectivity index (χ1) is 11.4. The van der Waals surface area contributed by atoms with Gasteiger partial charge in [0.15, 0.2) is 0 Å². The van der Waals surface area contributed by atoms with Gasteiger partial charge in [-0.2, -0.15) is 0 Å². The fraction of sp³-hybridized carbons (Fsp3) is 0.625. The Bertz CT molecular complexity index is 500. The van der Waals surface area contributed by atoms with Crippen LogP contribution in [0.5, 0.6) is 0 Å². The Balaban J connectivity index is 3.33. The van der Waals surface area contributed by atoms with Crippen LogP contribution in [-0.4, -0.2) is 50.3 Å². The van der Waals surface area contributed by atoms with E-state index in [-0.39, 0.29) is 37.6 Å². The van der Waals surface area contributed by atoms with E-state index in [2.05, 4.69) is 0 Å². The molecule has 1 aliphatic rings. The van der Waals surface area contributed by atoms with Gasteiger partial charge in [-0.3, -0.25) is 9.59 Å². The summed E-state index contributed by atoms with van der Waals surface area (Å²) < 4.78 is 19.6. The largest absolute Gasteiger partial charge is 0.465 e. The van der Waals surface area contributed by atoms with Crippen LogP contribution in [0.3, 0.4) is 0 Å². The summed E-state index contributed by atoms with van der Waals surface area (Å²) in [5.74, 6) is -5.73. The molecule has 0 aromatic carbocycles. The van der Waals surface area contributed by atoms with Gasteiger partial charge in [0.1, 0.15) is 11.8 Å². The number of hydrogen-bond donors (Lipinski definition) is 0. The summed E-state index contributed by atoms with van der Waals surface area (Å²) >= 11 is 0. The second kappa shape index (κ2) is 9.05. The van der Waals surface area contributed by atoms with Crippen LogP contribution in [0.25, 0.3) is 0 Å². The minimum atomic E-state index is -1.23. The van der Waals surface area contributed by atoms with Gasteiger partial charge in [0.25, 0.3) is 0 Å². The van der Waals surface area contributed by atoms with Crippen molar-refractivity contribution in [3.63, 3.8) is 0 Å². The average molecular weight is 342 g/mol. The van der Waals surface area contributed by atoms with Crippen LogP contribution in [0.2, 0.25) is 0 Å². The zero-order chi connectivity index (χ0) is 18.3. The normalized spacial score (nSPS) is 19.2. The first-order valence-corrected chi connectivity index (χ1v) is 7.85. The number of ether oxygens (including phenoxy) is 4. The van der Waals surface area contributed by atoms with Crippen LogP contribution in [0, 0.1) is 11.8 Å². The van der Waals surface area contributed by atoms with Gasteiger partial charge < -0.3 is 18.9 Å². The summed E-state index contributed by atoms with van der Waals surface area (Å²) in [6.45, 7) is 6.60. The van der Waals surface area contributed by atoms with E-state index in [0.717, 1.165) is 0 Å². The maximum atomic E-state index is 12.2. The van der Waals surface area contributed by atoms with Crippen molar-refractivity contribution < 1.29 is 38.1 Å². The van der Waals surface area contributed by atoms with E-state index in [1.54, 1.807) is 27.7 Å². The zero-order valence-corrected chi connectivity index (χ0v) is 14.2. The van der Waals surface area contributed by atoms with Crippen molar-refractivity contribution in [3.05, 3.63) is 11.1 Å². The Morgan fingerprint density at radius 3 is 1.17 bits per heavy atom. The van der Waals surface area contributed by atoms with E-state index in [9.17, 15) is 19.2 Å². The van der Waals surface area contributed by atoms with Gasteiger partial charge >= 0.3 is 23.9 Å². The molecule has 8 nitrogen and oxygen atoms in total. The predicted molar refractivity (Wildman–Crippen MR) is 80.5 cm³/mol. The topological polar surface area (TPSA) is 105 Å². The molecule has 0 saturated carbocycles. The van der Waals surface area contributed by atoms with Crippen molar-refractivity contribution >= 4 is 23.9 Å². The minimum Gasteiger partial charge on any atom is -0.465 e. The summed E-state index contributed by atoms with van der Waals surface area (Å²) in [5, 5.41) is 0. The van der Waals surface area contributed by atoms with Crippen molar-refractivity contribution in [2.24, 2.45) is 11.8 Å². The van der Waals surface area contributed by atoms with Crippen LogP contribution < -0.4 is 0 Å². The van der Waals surface area contributed by atoms with E-state index in [4.69, 9.17) is 18.9 Å². The van der Waals surface area contributed by atoms with E-state index < -0.39 is 35.7 Å². The highest BCUT2D eigenvalue weighted by Gasteiger charge is 2.56. The third-order valence-corrected chi connectivity index (χ3v) is 3.32. The van der Waals surface area contributed by atoms with Crippen molar-refractivity contribution in [2.75, 3.05) is 26.4 Å². The third-order valence-electron chi connectivity index (χ3n) is 3.32. The Hall–Kier alpha value is -2.38. The Morgan fingerprint density at radius 2 is 0.917 bits per heavy atom. The molecule has 0 saturated heterocycles. The van der Waals surface area contributed by atoms with E-state index in [1.165, 1.54) is 0 Å². The van der Waals surface area contributed by atoms with Crippen molar-refractivity contribution in [1.82, 2.24) is 0 Å². The molecule has 0 radical (unpaired) electrons. The Kier molecular flexibility index (Phi) is 7.41. The van der Waals surface area contributed by atoms with Crippen LogP contribution in [0.1, 0.15) is 27.7 Å². The third kappa shape index (κ3) is 3.93. The maximum absolute atomic E-state index is 12.2. The lowest BCUT2D eigenvalue weighted by atomic mass is 9.67. The van der Waals surface area contributed by atoms with Gasteiger partial charge in [-0.1, -0.05) is 0 Å². The van der Waals surface area contributed by atoms with Gasteiger partial charge in [-0.15, -0.1) is 0 Å². The lowest BCUT2D eigenvalue weighted by Gasteiger charge is -2.35. The Morgan fingerprint density at radius 1 is 0.625 bits per heavy atom. The molecule has 0 aromatic rings. The molecule has 1 rings (SSSR count). The maximum Gasteiger partial charge on any atom is 0.335 e. The molecule has 0 heterocycles. The lowest BCUT2D eigenvalue weighted by molar-refractivity contribution is -0.163. The van der Waals surface area contributed by atoms with E-state index in [0.29, 0.717) is 0 Å². The van der Waals surface area contributed by atoms with Crippen LogP contribution in [-0.2, 0) is 38.1 Å². The molecule has 0 N–H and O–H groups in total. The van der Waals surface area contributed by atoms with Gasteiger partial charge in [-0.05, 0) is 27.7 Å². The van der Waals surface area contributed by atoms with Gasteiger partial charge in [-0.25, -0.2) is 9.59 Å².